The first-order chi connectivity index (χ1) is 14.6. The summed E-state index contributed by atoms with van der Waals surface area (Å²) in [5.74, 6) is 1.17. The molecule has 1 amide bonds. The topological polar surface area (TPSA) is 90.8 Å². The third-order valence-electron chi connectivity index (χ3n) is 5.23. The average molecular weight is 408 g/mol. The second kappa shape index (κ2) is 8.06. The zero-order valence-corrected chi connectivity index (χ0v) is 17.2. The van der Waals surface area contributed by atoms with Crippen LogP contribution in [-0.4, -0.2) is 27.2 Å². The number of hydrogen-bond donors (Lipinski definition) is 1. The maximum atomic E-state index is 13.2. The van der Waals surface area contributed by atoms with E-state index in [0.717, 1.165) is 16.8 Å². The Bertz CT molecular complexity index is 1270. The molecule has 3 aromatic heterocycles. The number of methoxy groups -OCH3 is 1. The fraction of sp³-hybridized carbons (Fsp3) is 0.318. The Kier molecular flexibility index (Phi) is 5.31. The molecule has 0 spiro atoms. The second-order valence-electron chi connectivity index (χ2n) is 7.05. The number of nitrogens with one attached hydrogen (secondary N) is 1. The lowest BCUT2D eigenvalue weighted by Crippen LogP contribution is -2.39. The van der Waals surface area contributed by atoms with E-state index in [9.17, 15) is 9.59 Å². The number of carbonyl (C=O) groups is 1. The number of aryl methyl sites for hydroxylation is 1. The number of hydrogen-bond acceptors (Lipinski definition) is 5. The van der Waals surface area contributed by atoms with Crippen molar-refractivity contribution in [1.82, 2.24) is 19.5 Å². The van der Waals surface area contributed by atoms with E-state index in [2.05, 4.69) is 10.4 Å². The molecule has 156 valence electrons. The summed E-state index contributed by atoms with van der Waals surface area (Å²) in [6.45, 7) is 4.16. The van der Waals surface area contributed by atoms with Gasteiger partial charge in [-0.05, 0) is 24.1 Å². The summed E-state index contributed by atoms with van der Waals surface area (Å²) in [6, 6.07) is 10.3. The van der Waals surface area contributed by atoms with Crippen LogP contribution in [0.2, 0.25) is 0 Å². The Hall–Kier alpha value is -3.55. The van der Waals surface area contributed by atoms with E-state index in [1.165, 1.54) is 4.68 Å². The van der Waals surface area contributed by atoms with Gasteiger partial charge in [0, 0.05) is 25.1 Å². The first-order valence-corrected chi connectivity index (χ1v) is 9.98. The van der Waals surface area contributed by atoms with Gasteiger partial charge >= 0.3 is 0 Å². The maximum absolute atomic E-state index is 13.2. The zero-order valence-electron chi connectivity index (χ0n) is 17.2. The van der Waals surface area contributed by atoms with Gasteiger partial charge in [0.05, 0.1) is 18.9 Å². The molecule has 0 aliphatic heterocycles. The summed E-state index contributed by atoms with van der Waals surface area (Å²) in [7, 11) is 1.60. The Morgan fingerprint density at radius 2 is 2.07 bits per heavy atom. The molecule has 0 bridgehead atoms. The van der Waals surface area contributed by atoms with Gasteiger partial charge in [-0.2, -0.15) is 5.10 Å². The van der Waals surface area contributed by atoms with Gasteiger partial charge in [0.1, 0.15) is 23.1 Å². The van der Waals surface area contributed by atoms with Crippen LogP contribution in [0, 0.1) is 0 Å². The summed E-state index contributed by atoms with van der Waals surface area (Å²) in [4.78, 5) is 26.1. The van der Waals surface area contributed by atoms with E-state index < -0.39 is 6.04 Å². The Labute approximate surface area is 173 Å². The predicted molar refractivity (Wildman–Crippen MR) is 113 cm³/mol. The number of carbonyl (C=O) groups excluding carboxylic acids is 1. The van der Waals surface area contributed by atoms with Crippen molar-refractivity contribution in [2.45, 2.75) is 39.3 Å². The van der Waals surface area contributed by atoms with Gasteiger partial charge in [-0.1, -0.05) is 26.0 Å². The fourth-order valence-corrected chi connectivity index (χ4v) is 3.69. The van der Waals surface area contributed by atoms with E-state index in [0.29, 0.717) is 36.3 Å². The zero-order chi connectivity index (χ0) is 21.3. The first-order valence-electron chi connectivity index (χ1n) is 9.98. The van der Waals surface area contributed by atoms with Crippen LogP contribution in [0.3, 0.4) is 0 Å². The standard InChI is InChI=1S/C22H24N4O4/c1-4-16(21(27)23-13-14-7-6-8-15(11-14)29-3)26-22(28)18-12-19-17(9-10-30-19)25(18)20(5-2)24-26/h6-12,16H,4-5,13H2,1-3H3,(H,23,27)/t16-/m1/s1. The van der Waals surface area contributed by atoms with Crippen molar-refractivity contribution in [3.63, 3.8) is 0 Å². The first kappa shape index (κ1) is 19.8. The third-order valence-corrected chi connectivity index (χ3v) is 5.23. The Morgan fingerprint density at radius 3 is 2.80 bits per heavy atom. The Morgan fingerprint density at radius 1 is 1.23 bits per heavy atom. The number of benzene rings is 1. The van der Waals surface area contributed by atoms with E-state index in [1.54, 1.807) is 23.8 Å². The third kappa shape index (κ3) is 3.34. The smallest absolute Gasteiger partial charge is 0.291 e. The van der Waals surface area contributed by atoms with Gasteiger partial charge in [-0.3, -0.25) is 14.0 Å². The molecule has 0 saturated carbocycles. The molecule has 1 atom stereocenters. The van der Waals surface area contributed by atoms with Crippen LogP contribution in [0.5, 0.6) is 5.75 Å². The van der Waals surface area contributed by atoms with E-state index in [4.69, 9.17) is 9.15 Å². The largest absolute Gasteiger partial charge is 0.497 e. The van der Waals surface area contributed by atoms with Crippen molar-refractivity contribution < 1.29 is 13.9 Å². The molecule has 8 heteroatoms. The minimum Gasteiger partial charge on any atom is -0.497 e. The normalized spacial score (nSPS) is 12.4. The minimum absolute atomic E-state index is 0.253. The molecule has 8 nitrogen and oxygen atoms in total. The van der Waals surface area contributed by atoms with Crippen molar-refractivity contribution in [3.05, 3.63) is 64.4 Å². The summed E-state index contributed by atoms with van der Waals surface area (Å²) < 4.78 is 13.8. The highest BCUT2D eigenvalue weighted by atomic mass is 16.5. The molecule has 0 fully saturated rings. The number of furan rings is 1. The van der Waals surface area contributed by atoms with Crippen LogP contribution in [0.4, 0.5) is 0 Å². The lowest BCUT2D eigenvalue weighted by atomic mass is 10.2. The van der Waals surface area contributed by atoms with Gasteiger partial charge in [0.15, 0.2) is 5.58 Å². The molecule has 1 aromatic carbocycles. The van der Waals surface area contributed by atoms with Gasteiger partial charge in [-0.15, -0.1) is 0 Å². The van der Waals surface area contributed by atoms with Crippen molar-refractivity contribution in [2.24, 2.45) is 0 Å². The van der Waals surface area contributed by atoms with Crippen LogP contribution >= 0.6 is 0 Å². The van der Waals surface area contributed by atoms with Crippen LogP contribution in [-0.2, 0) is 17.8 Å². The molecule has 1 N–H and O–H groups in total. The number of rotatable bonds is 7. The second-order valence-corrected chi connectivity index (χ2v) is 7.05. The average Bonchev–Trinajstić information content (AvgIpc) is 3.36. The van der Waals surface area contributed by atoms with Crippen molar-refractivity contribution in [1.29, 1.82) is 0 Å². The molecule has 30 heavy (non-hydrogen) atoms. The van der Waals surface area contributed by atoms with E-state index >= 15 is 0 Å². The fourth-order valence-electron chi connectivity index (χ4n) is 3.69. The number of nitrogens with zero attached hydrogens (tertiary/aromatic N) is 3. The van der Waals surface area contributed by atoms with Gasteiger partial charge in [0.25, 0.3) is 5.56 Å². The van der Waals surface area contributed by atoms with Crippen molar-refractivity contribution in [2.75, 3.05) is 7.11 Å². The summed E-state index contributed by atoms with van der Waals surface area (Å²) >= 11 is 0. The van der Waals surface area contributed by atoms with Crippen LogP contribution in [0.25, 0.3) is 16.6 Å². The minimum atomic E-state index is -0.709. The molecule has 0 aliphatic carbocycles. The maximum Gasteiger partial charge on any atom is 0.291 e. The quantitative estimate of drug-likeness (QED) is 0.507. The van der Waals surface area contributed by atoms with Crippen molar-refractivity contribution in [3.8, 4) is 5.75 Å². The lowest BCUT2D eigenvalue weighted by molar-refractivity contribution is -0.125. The van der Waals surface area contributed by atoms with Gasteiger partial charge in [-0.25, -0.2) is 4.68 Å². The van der Waals surface area contributed by atoms with Gasteiger partial charge in [0.2, 0.25) is 5.91 Å². The number of amides is 1. The molecule has 0 aliphatic rings. The van der Waals surface area contributed by atoms with Crippen LogP contribution < -0.4 is 15.6 Å². The molecule has 0 radical (unpaired) electrons. The van der Waals surface area contributed by atoms with E-state index in [1.807, 2.05) is 44.2 Å². The summed E-state index contributed by atoms with van der Waals surface area (Å²) in [5.41, 5.74) is 2.47. The SMILES string of the molecule is CCc1nn([C@H](CC)C(=O)NCc2cccc(OC)c2)c(=O)c2cc3occc3n12. The molecule has 0 saturated heterocycles. The molecule has 0 unspecified atom stereocenters. The van der Waals surface area contributed by atoms with Gasteiger partial charge < -0.3 is 14.5 Å². The van der Waals surface area contributed by atoms with E-state index in [-0.39, 0.29) is 11.5 Å². The molecule has 3 heterocycles. The summed E-state index contributed by atoms with van der Waals surface area (Å²) in [5, 5.41) is 7.45. The lowest BCUT2D eigenvalue weighted by Gasteiger charge is -2.18. The highest BCUT2D eigenvalue weighted by Gasteiger charge is 2.24. The number of aromatic nitrogens is 3. The molecule has 4 rings (SSSR count). The highest BCUT2D eigenvalue weighted by molar-refractivity contribution is 5.83. The molecular weight excluding hydrogens is 384 g/mol. The Balaban J connectivity index is 1.67. The molecular formula is C22H24N4O4. The monoisotopic (exact) mass is 408 g/mol. The number of fused-ring (bicyclic) bond motifs is 3. The molecule has 4 aromatic rings. The van der Waals surface area contributed by atoms with Crippen molar-refractivity contribution >= 4 is 22.5 Å². The van der Waals surface area contributed by atoms with Crippen LogP contribution in [0.15, 0.2) is 51.9 Å². The predicted octanol–water partition coefficient (Wildman–Crippen LogP) is 3.08. The summed E-state index contributed by atoms with van der Waals surface area (Å²) in [6.07, 6.45) is 2.63. The highest BCUT2D eigenvalue weighted by Crippen LogP contribution is 2.21. The number of ether oxygens (including phenoxy) is 1. The van der Waals surface area contributed by atoms with Crippen LogP contribution in [0.1, 0.15) is 37.7 Å².